The van der Waals surface area contributed by atoms with Crippen LogP contribution < -0.4 is 10.6 Å². The standard InChI is InChI=1S/C21H18ClN3O3/c1-28-21(27)15-7-9-17(22)19(11-15)25-16-8-10-18(23-13-16)20(26)24-12-14-5-3-2-4-6-14/h2-11,13,25H,12H2,1H3,(H,24,26). The van der Waals surface area contributed by atoms with E-state index >= 15 is 0 Å². The Hall–Kier alpha value is -3.38. The summed E-state index contributed by atoms with van der Waals surface area (Å²) in [6, 6.07) is 17.7. The van der Waals surface area contributed by atoms with Gasteiger partial charge in [0.15, 0.2) is 0 Å². The van der Waals surface area contributed by atoms with Crippen LogP contribution in [-0.2, 0) is 11.3 Å². The molecule has 3 aromatic rings. The molecule has 0 unspecified atom stereocenters. The topological polar surface area (TPSA) is 80.3 Å². The van der Waals surface area contributed by atoms with E-state index in [0.717, 1.165) is 5.56 Å². The molecule has 0 bridgehead atoms. The number of aromatic nitrogens is 1. The lowest BCUT2D eigenvalue weighted by molar-refractivity contribution is 0.0600. The Bertz CT molecular complexity index is 976. The first kappa shape index (κ1) is 19.4. The average Bonchev–Trinajstić information content (AvgIpc) is 2.74. The number of esters is 1. The smallest absolute Gasteiger partial charge is 0.337 e. The Kier molecular flexibility index (Phi) is 6.24. The maximum atomic E-state index is 12.2. The molecule has 0 saturated heterocycles. The van der Waals surface area contributed by atoms with Crippen LogP contribution in [0.1, 0.15) is 26.4 Å². The van der Waals surface area contributed by atoms with Gasteiger partial charge < -0.3 is 15.4 Å². The van der Waals surface area contributed by atoms with E-state index < -0.39 is 5.97 Å². The first-order valence-corrected chi connectivity index (χ1v) is 8.87. The van der Waals surface area contributed by atoms with Crippen LogP contribution in [0.25, 0.3) is 0 Å². The number of carbonyl (C=O) groups excluding carboxylic acids is 2. The van der Waals surface area contributed by atoms with Gasteiger partial charge >= 0.3 is 5.97 Å². The molecule has 142 valence electrons. The molecule has 1 heterocycles. The van der Waals surface area contributed by atoms with E-state index in [1.807, 2.05) is 30.3 Å². The quantitative estimate of drug-likeness (QED) is 0.611. The van der Waals surface area contributed by atoms with Crippen molar-refractivity contribution in [3.05, 3.63) is 88.7 Å². The number of amides is 1. The third kappa shape index (κ3) is 4.86. The Morgan fingerprint density at radius 2 is 1.86 bits per heavy atom. The highest BCUT2D eigenvalue weighted by Gasteiger charge is 2.10. The number of ether oxygens (including phenoxy) is 1. The molecule has 0 spiro atoms. The molecule has 0 atom stereocenters. The molecule has 2 aromatic carbocycles. The van der Waals surface area contributed by atoms with E-state index in [1.165, 1.54) is 13.3 Å². The van der Waals surface area contributed by atoms with Crippen LogP contribution in [0.4, 0.5) is 11.4 Å². The Labute approximate surface area is 167 Å². The largest absolute Gasteiger partial charge is 0.465 e. The highest BCUT2D eigenvalue weighted by Crippen LogP contribution is 2.26. The maximum absolute atomic E-state index is 12.2. The van der Waals surface area contributed by atoms with E-state index in [4.69, 9.17) is 16.3 Å². The highest BCUT2D eigenvalue weighted by molar-refractivity contribution is 6.33. The van der Waals surface area contributed by atoms with Gasteiger partial charge in [0.1, 0.15) is 5.69 Å². The van der Waals surface area contributed by atoms with Crippen molar-refractivity contribution in [1.82, 2.24) is 10.3 Å². The summed E-state index contributed by atoms with van der Waals surface area (Å²) >= 11 is 6.18. The molecule has 7 heteroatoms. The summed E-state index contributed by atoms with van der Waals surface area (Å²) < 4.78 is 4.71. The number of pyridine rings is 1. The minimum Gasteiger partial charge on any atom is -0.465 e. The summed E-state index contributed by atoms with van der Waals surface area (Å²) in [7, 11) is 1.32. The number of benzene rings is 2. The van der Waals surface area contributed by atoms with Crippen molar-refractivity contribution in [1.29, 1.82) is 0 Å². The number of halogens is 1. The average molecular weight is 396 g/mol. The van der Waals surface area contributed by atoms with Gasteiger partial charge in [0.2, 0.25) is 0 Å². The van der Waals surface area contributed by atoms with Gasteiger partial charge in [0.25, 0.3) is 5.91 Å². The highest BCUT2D eigenvalue weighted by atomic mass is 35.5. The molecule has 28 heavy (non-hydrogen) atoms. The van der Waals surface area contributed by atoms with Gasteiger partial charge in [-0.15, -0.1) is 0 Å². The van der Waals surface area contributed by atoms with Crippen molar-refractivity contribution >= 4 is 34.9 Å². The van der Waals surface area contributed by atoms with Crippen LogP contribution in [-0.4, -0.2) is 24.0 Å². The lowest BCUT2D eigenvalue weighted by atomic mass is 10.2. The fourth-order valence-electron chi connectivity index (χ4n) is 2.49. The van der Waals surface area contributed by atoms with E-state index in [9.17, 15) is 9.59 Å². The van der Waals surface area contributed by atoms with Crippen LogP contribution in [0.5, 0.6) is 0 Å². The maximum Gasteiger partial charge on any atom is 0.337 e. The van der Waals surface area contributed by atoms with Crippen molar-refractivity contribution in [3.63, 3.8) is 0 Å². The second-order valence-electron chi connectivity index (χ2n) is 5.91. The Morgan fingerprint density at radius 1 is 1.07 bits per heavy atom. The molecule has 1 aromatic heterocycles. The van der Waals surface area contributed by atoms with Crippen LogP contribution in [0.3, 0.4) is 0 Å². The third-order valence-electron chi connectivity index (χ3n) is 3.96. The molecule has 1 amide bonds. The molecule has 0 aliphatic rings. The molecule has 0 aliphatic heterocycles. The predicted molar refractivity (Wildman–Crippen MR) is 108 cm³/mol. The van der Waals surface area contributed by atoms with Gasteiger partial charge in [-0.25, -0.2) is 9.78 Å². The molecule has 2 N–H and O–H groups in total. The number of nitrogens with one attached hydrogen (secondary N) is 2. The molecular formula is C21H18ClN3O3. The Morgan fingerprint density at radius 3 is 2.54 bits per heavy atom. The van der Waals surface area contributed by atoms with E-state index in [2.05, 4.69) is 15.6 Å². The van der Waals surface area contributed by atoms with Crippen molar-refractivity contribution in [2.24, 2.45) is 0 Å². The van der Waals surface area contributed by atoms with Crippen molar-refractivity contribution in [2.75, 3.05) is 12.4 Å². The molecule has 0 saturated carbocycles. The number of hydrogen-bond donors (Lipinski definition) is 2. The second kappa shape index (κ2) is 9.01. The zero-order valence-electron chi connectivity index (χ0n) is 15.1. The van der Waals surface area contributed by atoms with Crippen molar-refractivity contribution < 1.29 is 14.3 Å². The Balaban J connectivity index is 1.66. The number of rotatable bonds is 6. The molecular weight excluding hydrogens is 378 g/mol. The molecule has 6 nitrogen and oxygen atoms in total. The number of anilines is 2. The zero-order valence-corrected chi connectivity index (χ0v) is 15.9. The van der Waals surface area contributed by atoms with Gasteiger partial charge in [-0.05, 0) is 35.9 Å². The molecule has 3 rings (SSSR count). The fourth-order valence-corrected chi connectivity index (χ4v) is 2.66. The first-order chi connectivity index (χ1) is 13.6. The number of nitrogens with zero attached hydrogens (tertiary/aromatic N) is 1. The summed E-state index contributed by atoms with van der Waals surface area (Å²) in [4.78, 5) is 28.1. The van der Waals surface area contributed by atoms with Crippen molar-refractivity contribution in [3.8, 4) is 0 Å². The minimum absolute atomic E-state index is 0.263. The first-order valence-electron chi connectivity index (χ1n) is 8.50. The van der Waals surface area contributed by atoms with Gasteiger partial charge in [0, 0.05) is 6.54 Å². The number of hydrogen-bond acceptors (Lipinski definition) is 5. The van der Waals surface area contributed by atoms with E-state index in [0.29, 0.717) is 34.2 Å². The molecule has 0 radical (unpaired) electrons. The predicted octanol–water partition coefficient (Wildman–Crippen LogP) is 4.20. The summed E-state index contributed by atoms with van der Waals surface area (Å²) in [5, 5.41) is 6.35. The molecule has 0 fully saturated rings. The lowest BCUT2D eigenvalue weighted by Crippen LogP contribution is -2.23. The van der Waals surface area contributed by atoms with Crippen molar-refractivity contribution in [2.45, 2.75) is 6.54 Å². The van der Waals surface area contributed by atoms with Gasteiger partial charge in [-0.2, -0.15) is 0 Å². The summed E-state index contributed by atoms with van der Waals surface area (Å²) in [5.74, 6) is -0.718. The fraction of sp³-hybridized carbons (Fsp3) is 0.0952. The number of carbonyl (C=O) groups is 2. The van der Waals surface area contributed by atoms with Crippen LogP contribution in [0.2, 0.25) is 5.02 Å². The van der Waals surface area contributed by atoms with Gasteiger partial charge in [0.05, 0.1) is 35.3 Å². The minimum atomic E-state index is -0.455. The summed E-state index contributed by atoms with van der Waals surface area (Å²) in [5.41, 5.74) is 2.85. The SMILES string of the molecule is COC(=O)c1ccc(Cl)c(Nc2ccc(C(=O)NCc3ccccc3)nc2)c1. The van der Waals surface area contributed by atoms with Gasteiger partial charge in [-0.1, -0.05) is 41.9 Å². The van der Waals surface area contributed by atoms with Gasteiger partial charge in [-0.3, -0.25) is 4.79 Å². The van der Waals surface area contributed by atoms with Crippen LogP contribution in [0, 0.1) is 0 Å². The normalized spacial score (nSPS) is 10.2. The lowest BCUT2D eigenvalue weighted by Gasteiger charge is -2.10. The third-order valence-corrected chi connectivity index (χ3v) is 4.29. The zero-order chi connectivity index (χ0) is 19.9. The van der Waals surface area contributed by atoms with Crippen LogP contribution >= 0.6 is 11.6 Å². The summed E-state index contributed by atoms with van der Waals surface area (Å²) in [6.45, 7) is 0.428. The van der Waals surface area contributed by atoms with E-state index in [-0.39, 0.29) is 5.91 Å². The monoisotopic (exact) mass is 395 g/mol. The van der Waals surface area contributed by atoms with E-state index in [1.54, 1.807) is 30.3 Å². The second-order valence-corrected chi connectivity index (χ2v) is 6.32. The van der Waals surface area contributed by atoms with Crippen LogP contribution in [0.15, 0.2) is 66.9 Å². The number of methoxy groups -OCH3 is 1. The molecule has 0 aliphatic carbocycles. The summed E-state index contributed by atoms with van der Waals surface area (Å²) in [6.07, 6.45) is 1.53.